The number of nitrogens with zero attached hydrogens (tertiary/aromatic N) is 4. The molecule has 0 atom stereocenters. The third-order valence-electron chi connectivity index (χ3n) is 4.30. The first-order valence-corrected chi connectivity index (χ1v) is 8.98. The summed E-state index contributed by atoms with van der Waals surface area (Å²) in [6, 6.07) is 10.6. The van der Waals surface area contributed by atoms with Crippen molar-refractivity contribution in [3.63, 3.8) is 0 Å². The topological polar surface area (TPSA) is 121 Å². The van der Waals surface area contributed by atoms with Crippen LogP contribution < -0.4 is 5.56 Å². The fraction of sp³-hybridized carbons (Fsp3) is 0.0526. The van der Waals surface area contributed by atoms with Gasteiger partial charge in [0.1, 0.15) is 5.56 Å². The summed E-state index contributed by atoms with van der Waals surface area (Å²) in [6.45, 7) is 0.121. The zero-order valence-electron chi connectivity index (χ0n) is 14.2. The molecule has 3 aromatic heterocycles. The molecule has 3 heterocycles. The van der Waals surface area contributed by atoms with Crippen LogP contribution in [0.1, 0.15) is 21.5 Å². The van der Waals surface area contributed by atoms with Crippen LogP contribution in [0.5, 0.6) is 5.75 Å². The highest BCUT2D eigenvalue weighted by Gasteiger charge is 2.22. The lowest BCUT2D eigenvalue weighted by molar-refractivity contribution is 0.0695. The van der Waals surface area contributed by atoms with Gasteiger partial charge in [0.05, 0.1) is 40.3 Å². The molecular formula is C19H12N4O4S. The number of aromatic nitrogens is 3. The van der Waals surface area contributed by atoms with Crippen molar-refractivity contribution in [3.05, 3.63) is 75.1 Å². The van der Waals surface area contributed by atoms with Gasteiger partial charge in [-0.1, -0.05) is 0 Å². The second-order valence-corrected chi connectivity index (χ2v) is 6.92. The number of aromatic carboxylic acids is 1. The molecule has 2 N–H and O–H groups in total. The van der Waals surface area contributed by atoms with E-state index in [1.165, 1.54) is 4.57 Å². The van der Waals surface area contributed by atoms with Gasteiger partial charge in [0.15, 0.2) is 5.75 Å². The van der Waals surface area contributed by atoms with Gasteiger partial charge in [-0.15, -0.1) is 11.3 Å². The maximum atomic E-state index is 12.6. The summed E-state index contributed by atoms with van der Waals surface area (Å²) < 4.78 is 3.27. The van der Waals surface area contributed by atoms with E-state index in [1.807, 2.05) is 6.07 Å². The summed E-state index contributed by atoms with van der Waals surface area (Å²) in [5.41, 5.74) is 1.28. The monoisotopic (exact) mass is 392 g/mol. The van der Waals surface area contributed by atoms with E-state index in [2.05, 4.69) is 5.10 Å². The number of nitriles is 1. The molecule has 0 bridgehead atoms. The van der Waals surface area contributed by atoms with E-state index in [1.54, 1.807) is 52.8 Å². The zero-order valence-corrected chi connectivity index (χ0v) is 15.1. The van der Waals surface area contributed by atoms with Crippen molar-refractivity contribution >= 4 is 27.5 Å². The Morgan fingerprint density at radius 2 is 2.00 bits per heavy atom. The molecule has 0 saturated carbocycles. The van der Waals surface area contributed by atoms with Gasteiger partial charge in [-0.2, -0.15) is 10.4 Å². The van der Waals surface area contributed by atoms with E-state index in [0.717, 1.165) is 17.0 Å². The van der Waals surface area contributed by atoms with Gasteiger partial charge in [-0.25, -0.2) is 9.48 Å². The maximum absolute atomic E-state index is 12.6. The number of fused-ring (bicyclic) bond motifs is 1. The maximum Gasteiger partial charge on any atom is 0.341 e. The Hall–Kier alpha value is -3.90. The Kier molecular flexibility index (Phi) is 4.18. The fourth-order valence-corrected chi connectivity index (χ4v) is 3.90. The predicted octanol–water partition coefficient (Wildman–Crippen LogP) is 2.57. The van der Waals surface area contributed by atoms with Crippen molar-refractivity contribution < 1.29 is 15.0 Å². The van der Waals surface area contributed by atoms with Crippen LogP contribution in [-0.4, -0.2) is 30.5 Å². The minimum Gasteiger partial charge on any atom is -0.502 e. The van der Waals surface area contributed by atoms with E-state index in [9.17, 15) is 19.8 Å². The molecule has 0 unspecified atom stereocenters. The van der Waals surface area contributed by atoms with Crippen LogP contribution >= 0.6 is 11.3 Å². The molecule has 138 valence electrons. The second-order valence-electron chi connectivity index (χ2n) is 6.01. The highest BCUT2D eigenvalue weighted by atomic mass is 32.1. The number of carboxylic acids is 1. The molecule has 9 heteroatoms. The van der Waals surface area contributed by atoms with Gasteiger partial charge in [-0.3, -0.25) is 9.36 Å². The lowest BCUT2D eigenvalue weighted by Crippen LogP contribution is -2.22. The lowest BCUT2D eigenvalue weighted by Gasteiger charge is -2.09. The van der Waals surface area contributed by atoms with Crippen LogP contribution in [0, 0.1) is 11.3 Å². The molecular weight excluding hydrogens is 380 g/mol. The molecule has 0 amide bonds. The molecule has 4 aromatic rings. The van der Waals surface area contributed by atoms with Crippen LogP contribution in [0.4, 0.5) is 0 Å². The summed E-state index contributed by atoms with van der Waals surface area (Å²) in [5, 5.41) is 34.3. The van der Waals surface area contributed by atoms with E-state index in [4.69, 9.17) is 5.26 Å². The highest BCUT2D eigenvalue weighted by molar-refractivity contribution is 7.17. The molecule has 0 aliphatic carbocycles. The lowest BCUT2D eigenvalue weighted by atomic mass is 10.2. The third-order valence-corrected chi connectivity index (χ3v) is 5.22. The minimum absolute atomic E-state index is 0.121. The van der Waals surface area contributed by atoms with Gasteiger partial charge in [0.25, 0.3) is 5.56 Å². The average Bonchev–Trinajstić information content (AvgIpc) is 3.35. The van der Waals surface area contributed by atoms with Crippen molar-refractivity contribution in [2.45, 2.75) is 6.54 Å². The van der Waals surface area contributed by atoms with Gasteiger partial charge in [0.2, 0.25) is 0 Å². The van der Waals surface area contributed by atoms with Crippen molar-refractivity contribution in [2.75, 3.05) is 0 Å². The summed E-state index contributed by atoms with van der Waals surface area (Å²) >= 11 is 1.15. The molecule has 1 aromatic carbocycles. The Labute approximate surface area is 161 Å². The first-order valence-electron chi connectivity index (χ1n) is 8.10. The summed E-state index contributed by atoms with van der Waals surface area (Å²) in [7, 11) is 0. The second kappa shape index (κ2) is 6.68. The molecule has 0 radical (unpaired) electrons. The van der Waals surface area contributed by atoms with Gasteiger partial charge < -0.3 is 10.2 Å². The number of aromatic hydroxyl groups is 1. The normalized spacial score (nSPS) is 10.8. The molecule has 0 spiro atoms. The average molecular weight is 392 g/mol. The first-order chi connectivity index (χ1) is 13.5. The molecule has 8 nitrogen and oxygen atoms in total. The number of carbonyl (C=O) groups is 1. The number of hydrogen-bond donors (Lipinski definition) is 2. The summed E-state index contributed by atoms with van der Waals surface area (Å²) in [5.74, 6) is -2.12. The van der Waals surface area contributed by atoms with Crippen LogP contribution in [0.15, 0.2) is 52.9 Å². The predicted molar refractivity (Wildman–Crippen MR) is 102 cm³/mol. The zero-order chi connectivity index (χ0) is 19.8. The number of hydrogen-bond acceptors (Lipinski definition) is 6. The standard InChI is InChI=1S/C19H12N4O4S/c20-7-11-1-3-13(4-2-11)23-10-12(8-21-23)9-22-14-5-6-28-17(14)15(19(26)27)16(24)18(22)25/h1-6,8,10,24H,9H2,(H,26,27). The molecule has 0 aliphatic rings. The van der Waals surface area contributed by atoms with Gasteiger partial charge in [0, 0.05) is 11.8 Å². The van der Waals surface area contributed by atoms with Crippen LogP contribution in [0.25, 0.3) is 15.9 Å². The van der Waals surface area contributed by atoms with E-state index >= 15 is 0 Å². The Morgan fingerprint density at radius 3 is 2.68 bits per heavy atom. The molecule has 28 heavy (non-hydrogen) atoms. The minimum atomic E-state index is -1.34. The number of benzene rings is 1. The number of rotatable bonds is 4. The number of carboxylic acid groups (broad SMARTS) is 1. The van der Waals surface area contributed by atoms with E-state index in [-0.39, 0.29) is 12.1 Å². The van der Waals surface area contributed by atoms with E-state index in [0.29, 0.717) is 21.3 Å². The summed E-state index contributed by atoms with van der Waals surface area (Å²) in [6.07, 6.45) is 3.32. The molecule has 0 saturated heterocycles. The van der Waals surface area contributed by atoms with Crippen LogP contribution in [0.3, 0.4) is 0 Å². The van der Waals surface area contributed by atoms with Crippen molar-refractivity contribution in [3.8, 4) is 17.5 Å². The SMILES string of the molecule is N#Cc1ccc(-n2cc(Cn3c(=O)c(O)c(C(=O)O)c4sccc43)cn2)cc1. The smallest absolute Gasteiger partial charge is 0.341 e. The quantitative estimate of drug-likeness (QED) is 0.551. The van der Waals surface area contributed by atoms with Crippen LogP contribution in [-0.2, 0) is 6.54 Å². The molecule has 4 rings (SSSR count). The highest BCUT2D eigenvalue weighted by Crippen LogP contribution is 2.29. The third kappa shape index (κ3) is 2.82. The van der Waals surface area contributed by atoms with Crippen molar-refractivity contribution in [1.82, 2.24) is 14.3 Å². The van der Waals surface area contributed by atoms with Gasteiger partial charge >= 0.3 is 5.97 Å². The van der Waals surface area contributed by atoms with E-state index < -0.39 is 17.3 Å². The molecule has 0 fully saturated rings. The van der Waals surface area contributed by atoms with Crippen LogP contribution in [0.2, 0.25) is 0 Å². The largest absolute Gasteiger partial charge is 0.502 e. The fourth-order valence-electron chi connectivity index (χ4n) is 2.96. The van der Waals surface area contributed by atoms with Crippen molar-refractivity contribution in [1.29, 1.82) is 5.26 Å². The van der Waals surface area contributed by atoms with Crippen molar-refractivity contribution in [2.24, 2.45) is 0 Å². The first kappa shape index (κ1) is 17.5. The number of pyridine rings is 1. The Bertz CT molecular complexity index is 1310. The molecule has 0 aliphatic heterocycles. The number of thiophene rings is 1. The Morgan fingerprint density at radius 1 is 1.25 bits per heavy atom. The summed E-state index contributed by atoms with van der Waals surface area (Å²) in [4.78, 5) is 24.0. The van der Waals surface area contributed by atoms with Gasteiger partial charge in [-0.05, 0) is 35.7 Å². The Balaban J connectivity index is 1.75.